The van der Waals surface area contributed by atoms with Crippen molar-refractivity contribution in [1.29, 1.82) is 0 Å². The minimum absolute atomic E-state index is 1.14. The highest BCUT2D eigenvalue weighted by molar-refractivity contribution is 6.24. The van der Waals surface area contributed by atoms with Crippen LogP contribution in [0.2, 0.25) is 0 Å². The van der Waals surface area contributed by atoms with E-state index in [-0.39, 0.29) is 0 Å². The average molecular weight is 485 g/mol. The van der Waals surface area contributed by atoms with Gasteiger partial charge in [-0.15, -0.1) is 0 Å². The van der Waals surface area contributed by atoms with Crippen LogP contribution in [0.25, 0.3) is 70.8 Å². The minimum Gasteiger partial charge on any atom is -0.354 e. The maximum Gasteiger partial charge on any atom is 0.0540 e. The summed E-state index contributed by atoms with van der Waals surface area (Å²) in [5.41, 5.74) is 5.79. The van der Waals surface area contributed by atoms with Crippen molar-refractivity contribution < 1.29 is 0 Å². The molecule has 2 nitrogen and oxygen atoms in total. The van der Waals surface area contributed by atoms with Crippen LogP contribution in [-0.2, 0) is 0 Å². The van der Waals surface area contributed by atoms with Crippen LogP contribution in [0.15, 0.2) is 140 Å². The second-order valence-electron chi connectivity index (χ2n) is 9.86. The Morgan fingerprint density at radius 1 is 0.342 bits per heavy atom. The van der Waals surface area contributed by atoms with Crippen molar-refractivity contribution in [1.82, 2.24) is 9.55 Å². The number of aromatic amines is 1. The number of rotatable bonds is 1. The van der Waals surface area contributed by atoms with Gasteiger partial charge in [0.05, 0.1) is 11.0 Å². The number of H-pyrrole nitrogens is 1. The van der Waals surface area contributed by atoms with Gasteiger partial charge in [-0.05, 0) is 64.0 Å². The van der Waals surface area contributed by atoms with E-state index in [9.17, 15) is 0 Å². The fraction of sp³-hybridized carbons (Fsp3) is 0. The summed E-state index contributed by atoms with van der Waals surface area (Å²) in [4.78, 5) is 3.68. The zero-order valence-corrected chi connectivity index (χ0v) is 20.7. The number of para-hydroxylation sites is 4. The van der Waals surface area contributed by atoms with E-state index in [1.807, 2.05) is 0 Å². The third-order valence-electron chi connectivity index (χ3n) is 7.75. The van der Waals surface area contributed by atoms with Crippen molar-refractivity contribution >= 4 is 65.2 Å². The van der Waals surface area contributed by atoms with Gasteiger partial charge in [0.15, 0.2) is 0 Å². The van der Waals surface area contributed by atoms with Crippen LogP contribution in [0.1, 0.15) is 0 Å². The summed E-state index contributed by atoms with van der Waals surface area (Å²) in [6, 6.07) is 50.4. The van der Waals surface area contributed by atoms with E-state index in [4.69, 9.17) is 0 Å². The number of aromatic nitrogens is 2. The highest BCUT2D eigenvalue weighted by Crippen LogP contribution is 2.37. The van der Waals surface area contributed by atoms with Gasteiger partial charge in [0.1, 0.15) is 0 Å². The molecule has 2 aromatic heterocycles. The fourth-order valence-corrected chi connectivity index (χ4v) is 6.07. The summed E-state index contributed by atoms with van der Waals surface area (Å²) >= 11 is 0. The molecule has 0 amide bonds. The van der Waals surface area contributed by atoms with Crippen molar-refractivity contribution in [3.63, 3.8) is 0 Å². The first kappa shape index (κ1) is 21.0. The number of nitrogens with zero attached hydrogens (tertiary/aromatic N) is 1. The van der Waals surface area contributed by atoms with E-state index in [0.717, 1.165) is 22.2 Å². The first-order valence-electron chi connectivity index (χ1n) is 13.0. The molecular weight excluding hydrogens is 460 g/mol. The molecule has 0 radical (unpaired) electrons. The van der Waals surface area contributed by atoms with Crippen LogP contribution < -0.4 is 0 Å². The van der Waals surface area contributed by atoms with Crippen LogP contribution in [0.5, 0.6) is 0 Å². The largest absolute Gasteiger partial charge is 0.354 e. The maximum absolute atomic E-state index is 3.68. The Labute approximate surface area is 219 Å². The maximum atomic E-state index is 3.68. The van der Waals surface area contributed by atoms with Crippen molar-refractivity contribution in [3.8, 4) is 5.69 Å². The van der Waals surface area contributed by atoms with Crippen LogP contribution >= 0.6 is 0 Å². The van der Waals surface area contributed by atoms with Crippen molar-refractivity contribution in [2.45, 2.75) is 0 Å². The Morgan fingerprint density at radius 3 is 1.55 bits per heavy atom. The van der Waals surface area contributed by atoms with E-state index < -0.39 is 0 Å². The zero-order valence-electron chi connectivity index (χ0n) is 20.7. The Bertz CT molecular complexity index is 2230. The molecule has 8 rings (SSSR count). The molecule has 0 aliphatic rings. The van der Waals surface area contributed by atoms with E-state index in [1.54, 1.807) is 0 Å². The lowest BCUT2D eigenvalue weighted by Crippen LogP contribution is -1.97. The molecular formula is C36H24N2. The second-order valence-corrected chi connectivity index (χ2v) is 9.86. The third kappa shape index (κ3) is 3.07. The molecule has 0 aliphatic carbocycles. The summed E-state index contributed by atoms with van der Waals surface area (Å²) in [6.07, 6.45) is 0. The van der Waals surface area contributed by atoms with Gasteiger partial charge in [-0.25, -0.2) is 0 Å². The van der Waals surface area contributed by atoms with Gasteiger partial charge >= 0.3 is 0 Å². The van der Waals surface area contributed by atoms with E-state index in [2.05, 4.69) is 149 Å². The minimum atomic E-state index is 1.14. The van der Waals surface area contributed by atoms with Crippen LogP contribution in [-0.4, -0.2) is 9.55 Å². The molecule has 0 bridgehead atoms. The van der Waals surface area contributed by atoms with Gasteiger partial charge < -0.3 is 9.55 Å². The first-order chi connectivity index (χ1) is 18.9. The first-order valence-corrected chi connectivity index (χ1v) is 13.0. The number of benzene rings is 6. The smallest absolute Gasteiger partial charge is 0.0540 e. The summed E-state index contributed by atoms with van der Waals surface area (Å²) < 4.78 is 2.41. The molecule has 0 fully saturated rings. The second kappa shape index (κ2) is 8.22. The molecule has 2 heterocycles. The molecule has 178 valence electrons. The number of hydrogen-bond donors (Lipinski definition) is 1. The van der Waals surface area contributed by atoms with Crippen molar-refractivity contribution in [2.24, 2.45) is 0 Å². The lowest BCUT2D eigenvalue weighted by atomic mass is 9.99. The summed E-state index contributed by atoms with van der Waals surface area (Å²) in [6.45, 7) is 0. The monoisotopic (exact) mass is 484 g/mol. The van der Waals surface area contributed by atoms with E-state index in [1.165, 1.54) is 48.6 Å². The number of fused-ring (bicyclic) bond motifs is 10. The normalized spacial score (nSPS) is 11.7. The summed E-state index contributed by atoms with van der Waals surface area (Å²) in [5.74, 6) is 0. The van der Waals surface area contributed by atoms with Gasteiger partial charge in [-0.2, -0.15) is 0 Å². The topological polar surface area (TPSA) is 20.7 Å². The highest BCUT2D eigenvalue weighted by Gasteiger charge is 2.12. The van der Waals surface area contributed by atoms with E-state index in [0.29, 0.717) is 0 Å². The molecule has 38 heavy (non-hydrogen) atoms. The van der Waals surface area contributed by atoms with Crippen molar-refractivity contribution in [2.75, 3.05) is 0 Å². The van der Waals surface area contributed by atoms with Gasteiger partial charge in [-0.1, -0.05) is 97.1 Å². The zero-order chi connectivity index (χ0) is 25.1. The van der Waals surface area contributed by atoms with E-state index >= 15 is 0 Å². The number of nitrogens with one attached hydrogen (secondary N) is 1. The van der Waals surface area contributed by atoms with Gasteiger partial charge in [-0.3, -0.25) is 0 Å². The summed E-state index contributed by atoms with van der Waals surface area (Å²) in [5, 5.41) is 9.87. The molecule has 0 saturated heterocycles. The molecule has 0 atom stereocenters. The van der Waals surface area contributed by atoms with Crippen LogP contribution in [0.3, 0.4) is 0 Å². The fourth-order valence-electron chi connectivity index (χ4n) is 6.07. The van der Waals surface area contributed by atoms with Gasteiger partial charge in [0, 0.05) is 38.3 Å². The molecule has 6 aromatic carbocycles. The molecule has 0 saturated carbocycles. The lowest BCUT2D eigenvalue weighted by Gasteiger charge is -2.13. The average Bonchev–Trinajstić information content (AvgIpc) is 3.36. The lowest BCUT2D eigenvalue weighted by molar-refractivity contribution is 1.17. The molecule has 0 spiro atoms. The summed E-state index contributed by atoms with van der Waals surface area (Å²) in [7, 11) is 0. The van der Waals surface area contributed by atoms with Gasteiger partial charge in [0.25, 0.3) is 0 Å². The highest BCUT2D eigenvalue weighted by atomic mass is 15.0. The Balaban J connectivity index is 1.76. The van der Waals surface area contributed by atoms with Crippen LogP contribution in [0, 0.1) is 0 Å². The van der Waals surface area contributed by atoms with Crippen molar-refractivity contribution in [3.05, 3.63) is 140 Å². The molecule has 1 N–H and O–H groups in total. The molecule has 2 heteroatoms. The molecule has 8 aromatic rings. The Kier molecular flexibility index (Phi) is 4.55. The molecule has 0 aliphatic heterocycles. The predicted molar refractivity (Wildman–Crippen MR) is 163 cm³/mol. The van der Waals surface area contributed by atoms with Crippen LogP contribution in [0.4, 0.5) is 0 Å². The SMILES string of the molecule is c1ccc(-n2c3ccccc3c3ccccc3c3cc4c(cc3c3ccccc32)[nH]c2ccccc24)cc1. The Hall–Kier alpha value is -5.08. The predicted octanol–water partition coefficient (Wildman–Crippen LogP) is 9.85. The Morgan fingerprint density at radius 2 is 0.842 bits per heavy atom. The van der Waals surface area contributed by atoms with Gasteiger partial charge in [0.2, 0.25) is 0 Å². The number of hydrogen-bond acceptors (Lipinski definition) is 0. The third-order valence-corrected chi connectivity index (χ3v) is 7.75. The quantitative estimate of drug-likeness (QED) is 0.239. The standard InChI is InChI=1S/C36H24N2/c1-2-12-24(13-3-1)38-35-20-10-7-17-28(35)25-14-4-5-15-26(25)30-22-32-27-16-6-9-19-33(27)37-34(32)23-31(30)29-18-8-11-21-36(29)38/h1-23,37H. The molecule has 0 unspecified atom stereocenters.